The summed E-state index contributed by atoms with van der Waals surface area (Å²) in [5.41, 5.74) is 5.62. The second-order valence-corrected chi connectivity index (χ2v) is 3.93. The molecule has 0 saturated carbocycles. The van der Waals surface area contributed by atoms with Gasteiger partial charge in [-0.1, -0.05) is 6.58 Å². The Morgan fingerprint density at radius 3 is 2.44 bits per heavy atom. The molecule has 0 aromatic heterocycles. The fourth-order valence-corrected chi connectivity index (χ4v) is 0.714. The molecule has 94 valence electrons. The Morgan fingerprint density at radius 1 is 1.62 bits per heavy atom. The van der Waals surface area contributed by atoms with Crippen LogP contribution in [0.3, 0.4) is 0 Å². The molecule has 16 heavy (non-hydrogen) atoms. The van der Waals surface area contributed by atoms with Crippen LogP contribution in [0.5, 0.6) is 0 Å². The number of nitrogens with zero attached hydrogens (tertiary/aromatic N) is 1. The number of carbonyl (C=O) groups excluding carboxylic acids is 1. The van der Waals surface area contributed by atoms with Crippen molar-refractivity contribution in [2.75, 3.05) is 40.4 Å². The van der Waals surface area contributed by atoms with Crippen molar-refractivity contribution in [3.8, 4) is 0 Å². The number of carbonyl (C=O) groups is 1. The third-order valence-corrected chi connectivity index (χ3v) is 1.73. The van der Waals surface area contributed by atoms with Crippen LogP contribution in [0.4, 0.5) is 0 Å². The number of esters is 1. The summed E-state index contributed by atoms with van der Waals surface area (Å²) in [7, 11) is 4.01. The lowest BCUT2D eigenvalue weighted by Crippen LogP contribution is -2.20. The van der Waals surface area contributed by atoms with Crippen LogP contribution in [-0.2, 0) is 14.3 Å². The van der Waals surface area contributed by atoms with Gasteiger partial charge in [0.25, 0.3) is 0 Å². The summed E-state index contributed by atoms with van der Waals surface area (Å²) in [6.07, 6.45) is 0.142. The average Bonchev–Trinajstić information content (AvgIpc) is 2.98. The highest BCUT2D eigenvalue weighted by Crippen LogP contribution is 2.09. The van der Waals surface area contributed by atoms with Gasteiger partial charge in [0, 0.05) is 18.7 Å². The fraction of sp³-hybridized carbons (Fsp3) is 0.727. The largest absolute Gasteiger partial charge is 0.459 e. The Bertz CT molecular complexity index is 225. The van der Waals surface area contributed by atoms with Crippen LogP contribution in [0.15, 0.2) is 12.2 Å². The second-order valence-electron chi connectivity index (χ2n) is 3.93. The number of likely N-dealkylation sites (N-methyl/N-ethyl adjacent to an activating group) is 1. The van der Waals surface area contributed by atoms with E-state index in [0.29, 0.717) is 18.8 Å². The van der Waals surface area contributed by atoms with E-state index in [1.165, 1.54) is 0 Å². The molecule has 0 spiro atoms. The maximum Gasteiger partial charge on any atom is 0.333 e. The summed E-state index contributed by atoms with van der Waals surface area (Å²) in [5, 5.41) is 0. The molecule has 0 bridgehead atoms. The molecule has 0 amide bonds. The number of nitrogens with two attached hydrogens (primary N) is 1. The van der Waals surface area contributed by atoms with Gasteiger partial charge in [0.15, 0.2) is 0 Å². The highest BCUT2D eigenvalue weighted by atomic mass is 16.6. The predicted octanol–water partition coefficient (Wildman–Crippen LogP) is 0.0112. The van der Waals surface area contributed by atoms with Crippen molar-refractivity contribution in [3.05, 3.63) is 12.2 Å². The summed E-state index contributed by atoms with van der Waals surface area (Å²) in [6, 6.07) is 0. The monoisotopic (exact) mass is 230 g/mol. The summed E-state index contributed by atoms with van der Waals surface area (Å²) < 4.78 is 9.60. The molecule has 2 N–H and O–H groups in total. The van der Waals surface area contributed by atoms with E-state index in [-0.39, 0.29) is 12.1 Å². The molecule has 1 unspecified atom stereocenters. The fourth-order valence-electron chi connectivity index (χ4n) is 0.714. The summed E-state index contributed by atoms with van der Waals surface area (Å²) >= 11 is 0. The Hall–Kier alpha value is -0.910. The molecule has 1 aliphatic heterocycles. The molecule has 0 radical (unpaired) electrons. The van der Waals surface area contributed by atoms with Crippen molar-refractivity contribution in [1.82, 2.24) is 4.90 Å². The molecule has 0 aliphatic carbocycles. The van der Waals surface area contributed by atoms with E-state index in [0.717, 1.165) is 13.1 Å². The number of rotatable bonds is 5. The van der Waals surface area contributed by atoms with Crippen LogP contribution in [-0.4, -0.2) is 57.4 Å². The van der Waals surface area contributed by atoms with Gasteiger partial charge in [0.1, 0.15) is 12.7 Å². The Morgan fingerprint density at radius 2 is 2.19 bits per heavy atom. The standard InChI is InChI=1S/C7H10O3.C4H12N2/c1-5(2)7(8)10-4-6-3-9-6;1-6(2)4-3-5/h6H,1,3-4H2,2H3;3-5H2,1-2H3. The van der Waals surface area contributed by atoms with E-state index in [1.54, 1.807) is 6.92 Å². The molecular formula is C11H22N2O3. The molecule has 0 aromatic carbocycles. The van der Waals surface area contributed by atoms with Crippen molar-refractivity contribution in [2.45, 2.75) is 13.0 Å². The first-order valence-corrected chi connectivity index (χ1v) is 5.26. The van der Waals surface area contributed by atoms with Gasteiger partial charge in [-0.2, -0.15) is 0 Å². The van der Waals surface area contributed by atoms with Gasteiger partial charge in [-0.25, -0.2) is 4.79 Å². The molecule has 0 aromatic rings. The van der Waals surface area contributed by atoms with E-state index in [1.807, 2.05) is 14.1 Å². The number of hydrogen-bond acceptors (Lipinski definition) is 5. The highest BCUT2D eigenvalue weighted by Gasteiger charge is 2.24. The van der Waals surface area contributed by atoms with Gasteiger partial charge in [-0.15, -0.1) is 0 Å². The third-order valence-electron chi connectivity index (χ3n) is 1.73. The summed E-state index contributed by atoms with van der Waals surface area (Å²) in [6.45, 7) is 7.88. The van der Waals surface area contributed by atoms with Crippen LogP contribution in [0.2, 0.25) is 0 Å². The first kappa shape index (κ1) is 15.1. The van der Waals surface area contributed by atoms with Crippen LogP contribution in [0, 0.1) is 0 Å². The minimum atomic E-state index is -0.337. The zero-order chi connectivity index (χ0) is 12.6. The van der Waals surface area contributed by atoms with E-state index in [9.17, 15) is 4.79 Å². The predicted molar refractivity (Wildman–Crippen MR) is 63.1 cm³/mol. The van der Waals surface area contributed by atoms with Gasteiger partial charge < -0.3 is 20.1 Å². The molecule has 1 rings (SSSR count). The van der Waals surface area contributed by atoms with Crippen LogP contribution >= 0.6 is 0 Å². The smallest absolute Gasteiger partial charge is 0.333 e. The maximum absolute atomic E-state index is 10.7. The lowest BCUT2D eigenvalue weighted by atomic mass is 10.4. The van der Waals surface area contributed by atoms with Gasteiger partial charge >= 0.3 is 5.97 Å². The topological polar surface area (TPSA) is 68.1 Å². The molecule has 5 nitrogen and oxygen atoms in total. The van der Waals surface area contributed by atoms with Crippen molar-refractivity contribution >= 4 is 5.97 Å². The lowest BCUT2D eigenvalue weighted by Gasteiger charge is -2.03. The molecule has 1 aliphatic rings. The van der Waals surface area contributed by atoms with Gasteiger partial charge in [-0.05, 0) is 21.0 Å². The zero-order valence-corrected chi connectivity index (χ0v) is 10.4. The first-order valence-electron chi connectivity index (χ1n) is 5.26. The minimum absolute atomic E-state index is 0.142. The second kappa shape index (κ2) is 8.27. The highest BCUT2D eigenvalue weighted by molar-refractivity contribution is 5.86. The molecule has 1 atom stereocenters. The summed E-state index contributed by atoms with van der Waals surface area (Å²) in [4.78, 5) is 12.8. The third kappa shape index (κ3) is 9.64. The molecule has 1 heterocycles. The Labute approximate surface area is 97.2 Å². The minimum Gasteiger partial charge on any atom is -0.459 e. The van der Waals surface area contributed by atoms with Gasteiger partial charge in [-0.3, -0.25) is 0 Å². The van der Waals surface area contributed by atoms with E-state index >= 15 is 0 Å². The Kier molecular flexibility index (Phi) is 7.80. The van der Waals surface area contributed by atoms with E-state index in [2.05, 4.69) is 11.5 Å². The van der Waals surface area contributed by atoms with Crippen molar-refractivity contribution in [1.29, 1.82) is 0 Å². The van der Waals surface area contributed by atoms with Crippen LogP contribution in [0.25, 0.3) is 0 Å². The van der Waals surface area contributed by atoms with Crippen molar-refractivity contribution in [2.24, 2.45) is 5.73 Å². The number of ether oxygens (including phenoxy) is 2. The zero-order valence-electron chi connectivity index (χ0n) is 10.4. The van der Waals surface area contributed by atoms with Gasteiger partial charge in [0.05, 0.1) is 6.61 Å². The number of epoxide rings is 1. The summed E-state index contributed by atoms with van der Waals surface area (Å²) in [5.74, 6) is -0.337. The van der Waals surface area contributed by atoms with E-state index in [4.69, 9.17) is 15.2 Å². The van der Waals surface area contributed by atoms with Crippen molar-refractivity contribution in [3.63, 3.8) is 0 Å². The number of hydrogen-bond donors (Lipinski definition) is 1. The van der Waals surface area contributed by atoms with Crippen LogP contribution in [0.1, 0.15) is 6.92 Å². The van der Waals surface area contributed by atoms with E-state index < -0.39 is 0 Å². The molecule has 5 heteroatoms. The first-order chi connectivity index (χ1) is 7.47. The average molecular weight is 230 g/mol. The SMILES string of the molecule is C=C(C)C(=O)OCC1CO1.CN(C)CCN. The molecular weight excluding hydrogens is 208 g/mol. The Balaban J connectivity index is 0.000000325. The van der Waals surface area contributed by atoms with Crippen molar-refractivity contribution < 1.29 is 14.3 Å². The molecule has 1 saturated heterocycles. The normalized spacial score (nSPS) is 17.4. The maximum atomic E-state index is 10.7. The van der Waals surface area contributed by atoms with Gasteiger partial charge in [0.2, 0.25) is 0 Å². The molecule has 1 fully saturated rings. The quantitative estimate of drug-likeness (QED) is 0.409. The lowest BCUT2D eigenvalue weighted by molar-refractivity contribution is -0.139. The van der Waals surface area contributed by atoms with Crippen LogP contribution < -0.4 is 5.73 Å².